The minimum Gasteiger partial charge on any atom is -0.115 e. The second kappa shape index (κ2) is 3.63. The van der Waals surface area contributed by atoms with E-state index in [-0.39, 0.29) is 0 Å². The van der Waals surface area contributed by atoms with Crippen molar-refractivity contribution in [3.8, 4) is 0 Å². The molecule has 0 aliphatic heterocycles. The molecule has 0 N–H and O–H groups in total. The lowest BCUT2D eigenvalue weighted by atomic mass is 10.2. The lowest BCUT2D eigenvalue weighted by Gasteiger charge is -2.14. The molecule has 0 atom stereocenters. The fourth-order valence-corrected chi connectivity index (χ4v) is 2.79. The van der Waals surface area contributed by atoms with Crippen LogP contribution in [-0.2, 0) is 0 Å². The van der Waals surface area contributed by atoms with Crippen LogP contribution in [0.5, 0.6) is 0 Å². The van der Waals surface area contributed by atoms with Crippen molar-refractivity contribution in [3.05, 3.63) is 41.4 Å². The van der Waals surface area contributed by atoms with Crippen LogP contribution in [0.15, 0.2) is 41.3 Å². The van der Waals surface area contributed by atoms with Crippen LogP contribution in [0.1, 0.15) is 19.8 Å². The average Bonchev–Trinajstić information content (AvgIpc) is 2.90. The van der Waals surface area contributed by atoms with Gasteiger partial charge < -0.3 is 0 Å². The first-order valence-corrected chi connectivity index (χ1v) is 5.92. The molecule has 1 aromatic carbocycles. The molecule has 74 valence electrons. The quantitative estimate of drug-likeness (QED) is 0.680. The van der Waals surface area contributed by atoms with E-state index in [2.05, 4.69) is 25.6 Å². The van der Waals surface area contributed by atoms with Gasteiger partial charge in [-0.2, -0.15) is 0 Å². The standard InChI is InChI=1S/C12H13ClS/c1-9(2)12(7-8-12)14-11-5-3-10(13)4-6-11/h3-6H,1,7-8H2,2H3. The molecule has 0 radical (unpaired) electrons. The Balaban J connectivity index is 2.11. The van der Waals surface area contributed by atoms with E-state index in [1.807, 2.05) is 23.9 Å². The maximum atomic E-state index is 5.83. The predicted molar refractivity (Wildman–Crippen MR) is 64.1 cm³/mol. The highest BCUT2D eigenvalue weighted by molar-refractivity contribution is 8.01. The number of hydrogen-bond acceptors (Lipinski definition) is 1. The summed E-state index contributed by atoms with van der Waals surface area (Å²) in [6.45, 7) is 6.18. The Labute approximate surface area is 94.4 Å². The molecule has 2 heteroatoms. The van der Waals surface area contributed by atoms with E-state index in [1.165, 1.54) is 23.3 Å². The summed E-state index contributed by atoms with van der Waals surface area (Å²) in [4.78, 5) is 1.29. The van der Waals surface area contributed by atoms with Gasteiger partial charge in [-0.15, -0.1) is 11.8 Å². The van der Waals surface area contributed by atoms with Gasteiger partial charge in [0.1, 0.15) is 0 Å². The van der Waals surface area contributed by atoms with E-state index in [0.717, 1.165) is 5.02 Å². The van der Waals surface area contributed by atoms with Gasteiger partial charge in [-0.05, 0) is 44.0 Å². The molecule has 0 unspecified atom stereocenters. The first-order chi connectivity index (χ1) is 6.62. The van der Waals surface area contributed by atoms with E-state index >= 15 is 0 Å². The fourth-order valence-electron chi connectivity index (χ4n) is 1.46. The maximum absolute atomic E-state index is 5.83. The van der Waals surface area contributed by atoms with Gasteiger partial charge in [-0.25, -0.2) is 0 Å². The van der Waals surface area contributed by atoms with Crippen molar-refractivity contribution >= 4 is 23.4 Å². The highest BCUT2D eigenvalue weighted by Crippen LogP contribution is 2.55. The molecule has 14 heavy (non-hydrogen) atoms. The van der Waals surface area contributed by atoms with E-state index in [9.17, 15) is 0 Å². The molecular weight excluding hydrogens is 212 g/mol. The lowest BCUT2D eigenvalue weighted by Crippen LogP contribution is -2.02. The van der Waals surface area contributed by atoms with Crippen LogP contribution in [0.25, 0.3) is 0 Å². The summed E-state index contributed by atoms with van der Waals surface area (Å²) >= 11 is 7.75. The Kier molecular flexibility index (Phi) is 2.63. The Hall–Kier alpha value is -0.400. The molecule has 0 amide bonds. The first kappa shape index (κ1) is 10.1. The summed E-state index contributed by atoms with van der Waals surface area (Å²) in [7, 11) is 0. The Morgan fingerprint density at radius 2 is 1.93 bits per heavy atom. The van der Waals surface area contributed by atoms with Crippen molar-refractivity contribution in [2.75, 3.05) is 0 Å². The number of benzene rings is 1. The van der Waals surface area contributed by atoms with Crippen molar-refractivity contribution in [2.24, 2.45) is 0 Å². The van der Waals surface area contributed by atoms with Crippen molar-refractivity contribution in [2.45, 2.75) is 29.4 Å². The molecule has 0 heterocycles. The third kappa shape index (κ3) is 1.99. The van der Waals surface area contributed by atoms with Gasteiger partial charge in [0.25, 0.3) is 0 Å². The summed E-state index contributed by atoms with van der Waals surface area (Å²) in [5, 5.41) is 0.800. The van der Waals surface area contributed by atoms with Crippen molar-refractivity contribution < 1.29 is 0 Å². The minimum atomic E-state index is 0.327. The number of rotatable bonds is 3. The average molecular weight is 225 g/mol. The Bertz CT molecular complexity index is 349. The van der Waals surface area contributed by atoms with E-state index < -0.39 is 0 Å². The highest BCUT2D eigenvalue weighted by Gasteiger charge is 2.44. The summed E-state index contributed by atoms with van der Waals surface area (Å²) in [5.41, 5.74) is 1.29. The molecule has 1 saturated carbocycles. The van der Waals surface area contributed by atoms with Gasteiger partial charge in [-0.1, -0.05) is 23.8 Å². The number of hydrogen-bond donors (Lipinski definition) is 0. The zero-order valence-corrected chi connectivity index (χ0v) is 9.79. The monoisotopic (exact) mass is 224 g/mol. The van der Waals surface area contributed by atoms with Gasteiger partial charge in [0.05, 0.1) is 0 Å². The molecule has 0 bridgehead atoms. The van der Waals surface area contributed by atoms with Gasteiger partial charge in [0, 0.05) is 14.7 Å². The zero-order chi connectivity index (χ0) is 10.2. The molecule has 0 nitrogen and oxygen atoms in total. The molecule has 1 fully saturated rings. The Morgan fingerprint density at radius 3 is 2.36 bits per heavy atom. The molecule has 1 aromatic rings. The van der Waals surface area contributed by atoms with Gasteiger partial charge >= 0.3 is 0 Å². The number of thioether (sulfide) groups is 1. The van der Waals surface area contributed by atoms with Gasteiger partial charge in [0.2, 0.25) is 0 Å². The van der Waals surface area contributed by atoms with Crippen molar-refractivity contribution in [3.63, 3.8) is 0 Å². The van der Waals surface area contributed by atoms with Crippen LogP contribution in [0.4, 0.5) is 0 Å². The summed E-state index contributed by atoms with van der Waals surface area (Å²) < 4.78 is 0.327. The smallest absolute Gasteiger partial charge is 0.0411 e. The maximum Gasteiger partial charge on any atom is 0.0411 e. The first-order valence-electron chi connectivity index (χ1n) is 4.73. The van der Waals surface area contributed by atoms with Crippen LogP contribution in [0.3, 0.4) is 0 Å². The fraction of sp³-hybridized carbons (Fsp3) is 0.333. The topological polar surface area (TPSA) is 0 Å². The summed E-state index contributed by atoms with van der Waals surface area (Å²) in [6, 6.07) is 8.04. The van der Waals surface area contributed by atoms with Crippen LogP contribution in [0.2, 0.25) is 5.02 Å². The second-order valence-electron chi connectivity index (χ2n) is 3.83. The Morgan fingerprint density at radius 1 is 1.36 bits per heavy atom. The van der Waals surface area contributed by atoms with Crippen molar-refractivity contribution in [1.82, 2.24) is 0 Å². The van der Waals surface area contributed by atoms with Crippen LogP contribution < -0.4 is 0 Å². The van der Waals surface area contributed by atoms with E-state index in [0.29, 0.717) is 4.75 Å². The SMILES string of the molecule is C=C(C)C1(Sc2ccc(Cl)cc2)CC1. The molecule has 1 aliphatic carbocycles. The molecule has 2 rings (SSSR count). The third-order valence-electron chi connectivity index (χ3n) is 2.61. The normalized spacial score (nSPS) is 17.9. The molecule has 1 aliphatic rings. The van der Waals surface area contributed by atoms with Gasteiger partial charge in [0.15, 0.2) is 0 Å². The number of halogens is 1. The molecular formula is C12H13ClS. The van der Waals surface area contributed by atoms with Gasteiger partial charge in [-0.3, -0.25) is 0 Å². The lowest BCUT2D eigenvalue weighted by molar-refractivity contribution is 1.07. The molecule has 0 aromatic heterocycles. The van der Waals surface area contributed by atoms with Crippen LogP contribution in [0, 0.1) is 0 Å². The molecule has 0 saturated heterocycles. The summed E-state index contributed by atoms with van der Waals surface area (Å²) in [6.07, 6.45) is 2.52. The van der Waals surface area contributed by atoms with E-state index in [4.69, 9.17) is 11.6 Å². The largest absolute Gasteiger partial charge is 0.115 e. The summed E-state index contributed by atoms with van der Waals surface area (Å²) in [5.74, 6) is 0. The second-order valence-corrected chi connectivity index (χ2v) is 5.72. The highest BCUT2D eigenvalue weighted by atomic mass is 35.5. The third-order valence-corrected chi connectivity index (χ3v) is 4.52. The van der Waals surface area contributed by atoms with Crippen molar-refractivity contribution in [1.29, 1.82) is 0 Å². The zero-order valence-electron chi connectivity index (χ0n) is 8.22. The van der Waals surface area contributed by atoms with E-state index in [1.54, 1.807) is 0 Å². The minimum absolute atomic E-state index is 0.327. The van der Waals surface area contributed by atoms with Crippen LogP contribution >= 0.6 is 23.4 Å². The predicted octanol–water partition coefficient (Wildman–Crippen LogP) is 4.54. The molecule has 0 spiro atoms. The van der Waals surface area contributed by atoms with Crippen LogP contribution in [-0.4, -0.2) is 4.75 Å².